The zero-order chi connectivity index (χ0) is 16.7. The van der Waals surface area contributed by atoms with Gasteiger partial charge in [0.25, 0.3) is 0 Å². The number of nitrogens with one attached hydrogen (secondary N) is 1. The summed E-state index contributed by atoms with van der Waals surface area (Å²) in [5, 5.41) is 22.5. The average molecular weight is 306 g/mol. The van der Waals surface area contributed by atoms with Gasteiger partial charge in [0.05, 0.1) is 5.56 Å². The van der Waals surface area contributed by atoms with Gasteiger partial charge in [0.15, 0.2) is 0 Å². The Morgan fingerprint density at radius 3 is 2.27 bits per heavy atom. The third-order valence-corrected chi connectivity index (χ3v) is 3.51. The summed E-state index contributed by atoms with van der Waals surface area (Å²) in [5.41, 5.74) is 0.606. The number of anilines is 1. The first-order valence-electron chi connectivity index (χ1n) is 7.19. The van der Waals surface area contributed by atoms with E-state index < -0.39 is 17.9 Å². The molecule has 2 unspecified atom stereocenters. The third kappa shape index (κ3) is 5.20. The lowest BCUT2D eigenvalue weighted by Gasteiger charge is -2.24. The van der Waals surface area contributed by atoms with Crippen LogP contribution in [0.4, 0.5) is 5.69 Å². The SMILES string of the molecule is CCCC(C(=O)[O-])C(C)CC(=O)Nc1ccc(C(=O)O)cc1. The van der Waals surface area contributed by atoms with Crippen LogP contribution in [0.1, 0.15) is 43.5 Å². The number of aromatic carboxylic acids is 1. The summed E-state index contributed by atoms with van der Waals surface area (Å²) in [4.78, 5) is 33.7. The van der Waals surface area contributed by atoms with Crippen molar-refractivity contribution in [2.75, 3.05) is 5.32 Å². The predicted molar refractivity (Wildman–Crippen MR) is 79.2 cm³/mol. The van der Waals surface area contributed by atoms with Gasteiger partial charge in [-0.2, -0.15) is 0 Å². The molecule has 22 heavy (non-hydrogen) atoms. The molecule has 2 atom stereocenters. The van der Waals surface area contributed by atoms with Gasteiger partial charge >= 0.3 is 5.97 Å². The highest BCUT2D eigenvalue weighted by atomic mass is 16.4. The number of hydrogen-bond acceptors (Lipinski definition) is 4. The van der Waals surface area contributed by atoms with Crippen LogP contribution in [0.2, 0.25) is 0 Å². The lowest BCUT2D eigenvalue weighted by Crippen LogP contribution is -2.36. The molecule has 0 spiro atoms. The van der Waals surface area contributed by atoms with E-state index in [9.17, 15) is 19.5 Å². The molecule has 1 rings (SSSR count). The fourth-order valence-corrected chi connectivity index (χ4v) is 2.29. The minimum Gasteiger partial charge on any atom is -0.550 e. The Hall–Kier alpha value is -2.37. The molecule has 0 saturated carbocycles. The summed E-state index contributed by atoms with van der Waals surface area (Å²) in [6.45, 7) is 3.59. The molecule has 0 heterocycles. The molecule has 1 aromatic carbocycles. The molecule has 0 aliphatic carbocycles. The summed E-state index contributed by atoms with van der Waals surface area (Å²) >= 11 is 0. The van der Waals surface area contributed by atoms with Gasteiger partial charge in [0, 0.05) is 24.0 Å². The molecule has 1 amide bonds. The van der Waals surface area contributed by atoms with Crippen molar-refractivity contribution >= 4 is 23.5 Å². The number of hydrogen-bond donors (Lipinski definition) is 2. The minimum atomic E-state index is -1.13. The fourth-order valence-electron chi connectivity index (χ4n) is 2.29. The first-order chi connectivity index (χ1) is 10.3. The van der Waals surface area contributed by atoms with E-state index in [-0.39, 0.29) is 23.8 Å². The molecule has 0 radical (unpaired) electrons. The quantitative estimate of drug-likeness (QED) is 0.757. The Labute approximate surface area is 129 Å². The molecule has 0 fully saturated rings. The zero-order valence-corrected chi connectivity index (χ0v) is 12.7. The standard InChI is InChI=1S/C16H21NO5/c1-3-4-13(16(21)22)10(2)9-14(18)17-12-7-5-11(6-8-12)15(19)20/h5-8,10,13H,3-4,9H2,1-2H3,(H,17,18)(H,19,20)(H,21,22)/p-1. The van der Waals surface area contributed by atoms with Crippen molar-refractivity contribution in [1.82, 2.24) is 0 Å². The van der Waals surface area contributed by atoms with Crippen molar-refractivity contribution in [2.24, 2.45) is 11.8 Å². The summed E-state index contributed by atoms with van der Waals surface area (Å²) in [5.74, 6) is -3.46. The Kier molecular flexibility index (Phi) is 6.56. The van der Waals surface area contributed by atoms with Crippen LogP contribution in [0.25, 0.3) is 0 Å². The molecule has 1 aromatic rings. The van der Waals surface area contributed by atoms with Crippen LogP contribution < -0.4 is 10.4 Å². The van der Waals surface area contributed by atoms with Crippen molar-refractivity contribution in [3.8, 4) is 0 Å². The normalized spacial score (nSPS) is 13.2. The second-order valence-corrected chi connectivity index (χ2v) is 5.33. The van der Waals surface area contributed by atoms with Crippen LogP contribution in [-0.4, -0.2) is 23.0 Å². The topological polar surface area (TPSA) is 107 Å². The second kappa shape index (κ2) is 8.17. The van der Waals surface area contributed by atoms with Crippen molar-refractivity contribution in [2.45, 2.75) is 33.1 Å². The molecular weight excluding hydrogens is 286 g/mol. The van der Waals surface area contributed by atoms with Crippen molar-refractivity contribution in [3.63, 3.8) is 0 Å². The minimum absolute atomic E-state index is 0.0688. The highest BCUT2D eigenvalue weighted by Crippen LogP contribution is 2.21. The van der Waals surface area contributed by atoms with Crippen molar-refractivity contribution in [3.05, 3.63) is 29.8 Å². The van der Waals surface area contributed by atoms with Crippen LogP contribution in [0.3, 0.4) is 0 Å². The lowest BCUT2D eigenvalue weighted by molar-refractivity contribution is -0.313. The van der Waals surface area contributed by atoms with Gasteiger partial charge in [-0.15, -0.1) is 0 Å². The summed E-state index contributed by atoms with van der Waals surface area (Å²) in [7, 11) is 0. The van der Waals surface area contributed by atoms with Gasteiger partial charge in [-0.3, -0.25) is 4.79 Å². The number of carboxylic acids is 2. The highest BCUT2D eigenvalue weighted by Gasteiger charge is 2.20. The van der Waals surface area contributed by atoms with E-state index in [1.807, 2.05) is 6.92 Å². The number of amides is 1. The molecule has 6 heteroatoms. The van der Waals surface area contributed by atoms with Crippen molar-refractivity contribution < 1.29 is 24.6 Å². The fraction of sp³-hybridized carbons (Fsp3) is 0.438. The number of carbonyl (C=O) groups excluding carboxylic acids is 2. The Morgan fingerprint density at radius 1 is 1.23 bits per heavy atom. The third-order valence-electron chi connectivity index (χ3n) is 3.51. The van der Waals surface area contributed by atoms with Gasteiger partial charge in [-0.05, 0) is 36.6 Å². The van der Waals surface area contributed by atoms with E-state index in [1.165, 1.54) is 24.3 Å². The molecule has 0 saturated heterocycles. The van der Waals surface area contributed by atoms with E-state index in [1.54, 1.807) is 6.92 Å². The number of rotatable bonds is 8. The molecule has 0 bridgehead atoms. The molecule has 0 aliphatic heterocycles. The maximum absolute atomic E-state index is 11.9. The molecule has 0 aliphatic rings. The van der Waals surface area contributed by atoms with E-state index >= 15 is 0 Å². The summed E-state index contributed by atoms with van der Waals surface area (Å²) in [6, 6.07) is 5.77. The Balaban J connectivity index is 2.61. The van der Waals surface area contributed by atoms with Crippen LogP contribution in [0.15, 0.2) is 24.3 Å². The molecule has 0 aromatic heterocycles. The van der Waals surface area contributed by atoms with Crippen molar-refractivity contribution in [1.29, 1.82) is 0 Å². The van der Waals surface area contributed by atoms with Gasteiger partial charge in [0.2, 0.25) is 5.91 Å². The van der Waals surface area contributed by atoms with Crippen LogP contribution in [-0.2, 0) is 9.59 Å². The van der Waals surface area contributed by atoms with E-state index in [2.05, 4.69) is 5.32 Å². The summed E-state index contributed by atoms with van der Waals surface area (Å²) < 4.78 is 0. The number of aliphatic carboxylic acids is 1. The molecular formula is C16H20NO5-. The zero-order valence-electron chi connectivity index (χ0n) is 12.7. The monoisotopic (exact) mass is 306 g/mol. The maximum atomic E-state index is 11.9. The lowest BCUT2D eigenvalue weighted by atomic mass is 9.87. The molecule has 2 N–H and O–H groups in total. The molecule has 120 valence electrons. The smallest absolute Gasteiger partial charge is 0.335 e. The summed E-state index contributed by atoms with van der Waals surface area (Å²) in [6.07, 6.45) is 1.25. The number of carbonyl (C=O) groups is 3. The Bertz CT molecular complexity index is 538. The first-order valence-corrected chi connectivity index (χ1v) is 7.19. The van der Waals surface area contributed by atoms with E-state index in [0.717, 1.165) is 0 Å². The second-order valence-electron chi connectivity index (χ2n) is 5.33. The molecule has 6 nitrogen and oxygen atoms in total. The Morgan fingerprint density at radius 2 is 1.82 bits per heavy atom. The van der Waals surface area contributed by atoms with E-state index in [0.29, 0.717) is 18.5 Å². The van der Waals surface area contributed by atoms with Gasteiger partial charge in [-0.25, -0.2) is 4.79 Å². The van der Waals surface area contributed by atoms with Gasteiger partial charge in [0.1, 0.15) is 0 Å². The van der Waals surface area contributed by atoms with E-state index in [4.69, 9.17) is 5.11 Å². The van der Waals surface area contributed by atoms with Gasteiger partial charge < -0.3 is 20.3 Å². The highest BCUT2D eigenvalue weighted by molar-refractivity contribution is 5.92. The van der Waals surface area contributed by atoms with Crippen LogP contribution in [0, 0.1) is 11.8 Å². The number of benzene rings is 1. The van der Waals surface area contributed by atoms with Crippen LogP contribution in [0.5, 0.6) is 0 Å². The largest absolute Gasteiger partial charge is 0.550 e. The average Bonchev–Trinajstić information content (AvgIpc) is 2.44. The van der Waals surface area contributed by atoms with Gasteiger partial charge in [-0.1, -0.05) is 20.3 Å². The number of carboxylic acid groups (broad SMARTS) is 2. The first kappa shape index (κ1) is 17.7. The van der Waals surface area contributed by atoms with Crippen LogP contribution >= 0.6 is 0 Å². The maximum Gasteiger partial charge on any atom is 0.335 e. The predicted octanol–water partition coefficient (Wildman–Crippen LogP) is 1.52.